The van der Waals surface area contributed by atoms with Crippen LogP contribution in [-0.4, -0.2) is 75.3 Å². The molecule has 1 aliphatic rings. The van der Waals surface area contributed by atoms with Gasteiger partial charge < -0.3 is 26.0 Å². The second-order valence-corrected chi connectivity index (χ2v) is 12.5. The molecule has 4 N–H and O–H groups in total. The highest BCUT2D eigenvalue weighted by Gasteiger charge is 2.30. The van der Waals surface area contributed by atoms with Crippen molar-refractivity contribution in [2.75, 3.05) is 24.3 Å². The van der Waals surface area contributed by atoms with Crippen molar-refractivity contribution >= 4 is 69.8 Å². The Labute approximate surface area is 246 Å². The number of nitrogens with one attached hydrogen (secondary N) is 4. The molecule has 2 aromatic heterocycles. The van der Waals surface area contributed by atoms with Crippen molar-refractivity contribution in [3.05, 3.63) is 41.0 Å². The van der Waals surface area contributed by atoms with Gasteiger partial charge in [-0.15, -0.1) is 21.5 Å². The number of ether oxygens (including phenoxy) is 1. The van der Waals surface area contributed by atoms with Crippen LogP contribution in [0.25, 0.3) is 10.6 Å². The lowest BCUT2D eigenvalue weighted by Crippen LogP contribution is -2.50. The van der Waals surface area contributed by atoms with Crippen LogP contribution in [0.3, 0.4) is 0 Å². The molecule has 0 aliphatic heterocycles. The third kappa shape index (κ3) is 8.09. The lowest BCUT2D eigenvalue weighted by molar-refractivity contribution is -0.117. The first kappa shape index (κ1) is 30.1. The van der Waals surface area contributed by atoms with Gasteiger partial charge in [-0.1, -0.05) is 19.9 Å². The van der Waals surface area contributed by atoms with E-state index >= 15 is 0 Å². The van der Waals surface area contributed by atoms with Crippen molar-refractivity contribution in [1.82, 2.24) is 25.8 Å². The van der Waals surface area contributed by atoms with Crippen molar-refractivity contribution in [2.45, 2.75) is 38.3 Å². The van der Waals surface area contributed by atoms with E-state index in [1.807, 2.05) is 35.7 Å². The van der Waals surface area contributed by atoms with Gasteiger partial charge in [-0.2, -0.15) is 0 Å². The van der Waals surface area contributed by atoms with Crippen LogP contribution >= 0.6 is 11.3 Å². The summed E-state index contributed by atoms with van der Waals surface area (Å²) >= 11 is 1.26. The highest BCUT2D eigenvalue weighted by Crippen LogP contribution is 2.40. The number of carbonyl (C=O) groups is 3. The average molecular weight is 573 g/mol. The molecule has 0 saturated heterocycles. The molecule has 3 aromatic rings. The Morgan fingerprint density at radius 1 is 1.12 bits per heavy atom. The summed E-state index contributed by atoms with van der Waals surface area (Å²) in [5.41, 5.74) is 1.62. The summed E-state index contributed by atoms with van der Waals surface area (Å²) in [5, 5.41) is 20.2. The van der Waals surface area contributed by atoms with Crippen LogP contribution in [0.15, 0.2) is 30.5 Å². The van der Waals surface area contributed by atoms with E-state index in [1.165, 1.54) is 18.4 Å². The van der Waals surface area contributed by atoms with E-state index in [2.05, 4.69) is 50.3 Å². The Kier molecular flexibility index (Phi) is 9.37. The van der Waals surface area contributed by atoms with Gasteiger partial charge in [-0.25, -0.2) is 4.98 Å². The number of aromatic nitrogens is 3. The molecule has 0 bridgehead atoms. The van der Waals surface area contributed by atoms with Gasteiger partial charge in [-0.3, -0.25) is 14.4 Å². The smallest absolute Gasteiger partial charge is 0.272 e. The third-order valence-electron chi connectivity index (χ3n) is 6.15. The Hall–Kier alpha value is -3.87. The molecule has 1 saturated carbocycles. The number of rotatable bonds is 12. The number of para-hydroxylation sites is 1. The van der Waals surface area contributed by atoms with Crippen LogP contribution in [0.1, 0.15) is 53.3 Å². The second kappa shape index (κ2) is 12.8. The molecular weight excluding hydrogens is 539 g/mol. The lowest BCUT2D eigenvalue weighted by atomic mass is 9.49. The standard InChI is InChI=1S/C26H34B3N7O4S/c1-13(2)9-10-30-23(38)18-12-31-25(41-18)15-5-4-6-16(21(15)40-3)32-17-11-19(33-22(37)14-7-8-14)35-36-20(17)24(39)34-26(27,28)29/h4-6,11-14H,7-10,27-29H2,1-3H3,(H,30,38)(H,34,39)(H2,32,33,35,37). The third-order valence-corrected chi connectivity index (χ3v) is 7.18. The van der Waals surface area contributed by atoms with Crippen LogP contribution in [0.2, 0.25) is 0 Å². The highest BCUT2D eigenvalue weighted by molar-refractivity contribution is 7.17. The van der Waals surface area contributed by atoms with Crippen molar-refractivity contribution < 1.29 is 19.1 Å². The average Bonchev–Trinajstić information content (AvgIpc) is 3.64. The summed E-state index contributed by atoms with van der Waals surface area (Å²) in [4.78, 5) is 43.1. The molecule has 0 spiro atoms. The summed E-state index contributed by atoms with van der Waals surface area (Å²) in [6.45, 7) is 4.81. The number of anilines is 3. The maximum atomic E-state index is 13.1. The van der Waals surface area contributed by atoms with Gasteiger partial charge in [0.2, 0.25) is 5.91 Å². The van der Waals surface area contributed by atoms with Crippen LogP contribution < -0.4 is 26.0 Å². The predicted molar refractivity (Wildman–Crippen MR) is 168 cm³/mol. The van der Waals surface area contributed by atoms with E-state index in [0.29, 0.717) is 45.0 Å². The Morgan fingerprint density at radius 2 is 1.88 bits per heavy atom. The summed E-state index contributed by atoms with van der Waals surface area (Å²) in [5.74, 6) is 0.472. The molecule has 1 fully saturated rings. The minimum absolute atomic E-state index is 0.0191. The van der Waals surface area contributed by atoms with Gasteiger partial charge in [0.25, 0.3) is 11.8 Å². The number of hydrogen-bond donors (Lipinski definition) is 4. The number of methoxy groups -OCH3 is 1. The zero-order valence-corrected chi connectivity index (χ0v) is 25.1. The quantitative estimate of drug-likeness (QED) is 0.232. The Balaban J connectivity index is 1.64. The van der Waals surface area contributed by atoms with E-state index in [9.17, 15) is 14.4 Å². The molecule has 212 valence electrons. The predicted octanol–water partition coefficient (Wildman–Crippen LogP) is 0.717. The fraction of sp³-hybridized carbons (Fsp3) is 0.385. The Bertz CT molecular complexity index is 1440. The minimum Gasteiger partial charge on any atom is -0.494 e. The van der Waals surface area contributed by atoms with Crippen LogP contribution in [0.5, 0.6) is 5.75 Å². The van der Waals surface area contributed by atoms with Crippen molar-refractivity contribution in [3.63, 3.8) is 0 Å². The number of carbonyl (C=O) groups excluding carboxylic acids is 3. The summed E-state index contributed by atoms with van der Waals surface area (Å²) in [6.07, 6.45) is 4.14. The molecule has 11 nitrogen and oxygen atoms in total. The van der Waals surface area contributed by atoms with E-state index in [4.69, 9.17) is 4.74 Å². The van der Waals surface area contributed by atoms with Crippen LogP contribution in [-0.2, 0) is 4.79 Å². The zero-order valence-electron chi connectivity index (χ0n) is 24.3. The molecule has 0 unspecified atom stereocenters. The molecule has 0 radical (unpaired) electrons. The number of nitrogens with zero attached hydrogens (tertiary/aromatic N) is 3. The normalized spacial score (nSPS) is 13.0. The first-order valence-corrected chi connectivity index (χ1v) is 14.5. The molecule has 4 rings (SSSR count). The van der Waals surface area contributed by atoms with E-state index < -0.39 is 11.1 Å². The SMILES string of the molecule is BC(B)(B)NC(=O)c1nnc(NC(=O)C2CC2)cc1Nc1cccc(-c2ncc(C(=O)NCCC(C)C)s2)c1OC. The minimum atomic E-state index is -0.504. The molecule has 15 heteroatoms. The first-order valence-electron chi connectivity index (χ1n) is 13.6. The van der Waals surface area contributed by atoms with Gasteiger partial charge in [0.05, 0.1) is 30.2 Å². The molecule has 1 aliphatic carbocycles. The van der Waals surface area contributed by atoms with Gasteiger partial charge in [-0.05, 0) is 42.6 Å². The second-order valence-electron chi connectivity index (χ2n) is 11.4. The van der Waals surface area contributed by atoms with Crippen LogP contribution in [0, 0.1) is 11.8 Å². The maximum Gasteiger partial charge on any atom is 0.272 e. The number of hydrogen-bond acceptors (Lipinski definition) is 9. The fourth-order valence-corrected chi connectivity index (χ4v) is 4.78. The maximum absolute atomic E-state index is 13.1. The molecule has 2 heterocycles. The van der Waals surface area contributed by atoms with Crippen LogP contribution in [0.4, 0.5) is 17.2 Å². The summed E-state index contributed by atoms with van der Waals surface area (Å²) in [7, 11) is 7.15. The lowest BCUT2D eigenvalue weighted by Gasteiger charge is -2.22. The topological polar surface area (TPSA) is 147 Å². The van der Waals surface area contributed by atoms with E-state index in [0.717, 1.165) is 19.3 Å². The van der Waals surface area contributed by atoms with Gasteiger partial charge >= 0.3 is 0 Å². The zero-order chi connectivity index (χ0) is 29.7. The van der Waals surface area contributed by atoms with Gasteiger partial charge in [0, 0.05) is 18.5 Å². The van der Waals surface area contributed by atoms with E-state index in [-0.39, 0.29) is 29.2 Å². The molecule has 3 amide bonds. The van der Waals surface area contributed by atoms with Gasteiger partial charge in [0.1, 0.15) is 33.4 Å². The van der Waals surface area contributed by atoms with Crippen molar-refractivity contribution in [1.29, 1.82) is 0 Å². The number of amides is 3. The number of thiazole rings is 1. The summed E-state index contributed by atoms with van der Waals surface area (Å²) in [6, 6.07) is 7.05. The fourth-order valence-electron chi connectivity index (χ4n) is 3.92. The largest absolute Gasteiger partial charge is 0.494 e. The molecule has 1 aromatic carbocycles. The first-order chi connectivity index (χ1) is 19.4. The molecule has 41 heavy (non-hydrogen) atoms. The monoisotopic (exact) mass is 573 g/mol. The number of benzene rings is 1. The molecule has 0 atom stereocenters. The van der Waals surface area contributed by atoms with Crippen molar-refractivity contribution in [3.8, 4) is 16.3 Å². The van der Waals surface area contributed by atoms with Crippen molar-refractivity contribution in [2.24, 2.45) is 11.8 Å². The highest BCUT2D eigenvalue weighted by atomic mass is 32.1. The summed E-state index contributed by atoms with van der Waals surface area (Å²) < 4.78 is 5.78. The Morgan fingerprint density at radius 3 is 2.54 bits per heavy atom. The van der Waals surface area contributed by atoms with Gasteiger partial charge in [0.15, 0.2) is 17.3 Å². The van der Waals surface area contributed by atoms with E-state index in [1.54, 1.807) is 18.3 Å². The molecular formula is C26H34B3N7O4S.